The van der Waals surface area contributed by atoms with E-state index in [1.165, 1.54) is 0 Å². The molecule has 1 amide bonds. The van der Waals surface area contributed by atoms with Crippen molar-refractivity contribution in [3.05, 3.63) is 0 Å². The summed E-state index contributed by atoms with van der Waals surface area (Å²) >= 11 is 0. The highest BCUT2D eigenvalue weighted by Gasteiger charge is 2.43. The molecule has 98 valence electrons. The van der Waals surface area contributed by atoms with Crippen LogP contribution >= 0.6 is 0 Å². The second-order valence-electron chi connectivity index (χ2n) is 6.21. The minimum Gasteiger partial charge on any atom is -0.340 e. The zero-order chi connectivity index (χ0) is 12.6. The van der Waals surface area contributed by atoms with Gasteiger partial charge in [0.1, 0.15) is 0 Å². The molecule has 4 heteroatoms. The number of nitrogens with one attached hydrogen (secondary N) is 1. The topological polar surface area (TPSA) is 35.6 Å². The summed E-state index contributed by atoms with van der Waals surface area (Å²) in [4.78, 5) is 16.9. The average molecular weight is 239 g/mol. The van der Waals surface area contributed by atoms with Crippen molar-refractivity contribution in [3.8, 4) is 0 Å². The fraction of sp³-hybridized carbons (Fsp3) is 0.923. The van der Waals surface area contributed by atoms with E-state index in [9.17, 15) is 4.79 Å². The number of carbonyl (C=O) groups is 1. The van der Waals surface area contributed by atoms with Crippen LogP contribution in [0.15, 0.2) is 0 Å². The number of likely N-dealkylation sites (tertiary alicyclic amines) is 1. The van der Waals surface area contributed by atoms with Crippen molar-refractivity contribution < 1.29 is 4.79 Å². The molecule has 0 aromatic heterocycles. The summed E-state index contributed by atoms with van der Waals surface area (Å²) in [6, 6.07) is 0.511. The van der Waals surface area contributed by atoms with E-state index < -0.39 is 0 Å². The Morgan fingerprint density at radius 1 is 1.41 bits per heavy atom. The van der Waals surface area contributed by atoms with Gasteiger partial charge in [-0.3, -0.25) is 4.79 Å². The molecule has 1 N–H and O–H groups in total. The van der Waals surface area contributed by atoms with Gasteiger partial charge in [-0.2, -0.15) is 0 Å². The number of hydrogen-bond donors (Lipinski definition) is 1. The zero-order valence-corrected chi connectivity index (χ0v) is 11.5. The lowest BCUT2D eigenvalue weighted by Crippen LogP contribution is -2.43. The fourth-order valence-corrected chi connectivity index (χ4v) is 3.17. The van der Waals surface area contributed by atoms with E-state index in [2.05, 4.69) is 43.1 Å². The quantitative estimate of drug-likeness (QED) is 0.757. The van der Waals surface area contributed by atoms with Crippen molar-refractivity contribution in [2.45, 2.75) is 26.3 Å². The maximum atomic E-state index is 12.6. The summed E-state index contributed by atoms with van der Waals surface area (Å²) in [5, 5.41) is 3.30. The number of likely N-dealkylation sites (N-methyl/N-ethyl adjacent to an activating group) is 1. The Morgan fingerprint density at radius 2 is 2.12 bits per heavy atom. The molecular formula is C13H25N3O. The van der Waals surface area contributed by atoms with Crippen LogP contribution in [0.2, 0.25) is 0 Å². The second kappa shape index (κ2) is 4.58. The van der Waals surface area contributed by atoms with E-state index in [0.717, 1.165) is 32.6 Å². The van der Waals surface area contributed by atoms with Gasteiger partial charge in [-0.15, -0.1) is 0 Å². The molecule has 2 aliphatic rings. The molecule has 0 aromatic rings. The van der Waals surface area contributed by atoms with Gasteiger partial charge in [-0.05, 0) is 39.9 Å². The summed E-state index contributed by atoms with van der Waals surface area (Å²) in [6.07, 6.45) is 0.976. The highest BCUT2D eigenvalue weighted by Crippen LogP contribution is 2.30. The molecule has 0 saturated carbocycles. The Hall–Kier alpha value is -0.610. The lowest BCUT2D eigenvalue weighted by molar-refractivity contribution is -0.139. The number of amides is 1. The van der Waals surface area contributed by atoms with E-state index in [1.54, 1.807) is 0 Å². The molecule has 17 heavy (non-hydrogen) atoms. The van der Waals surface area contributed by atoms with Crippen LogP contribution in [0.4, 0.5) is 0 Å². The summed E-state index contributed by atoms with van der Waals surface area (Å²) in [7, 11) is 4.21. The van der Waals surface area contributed by atoms with Crippen LogP contribution in [-0.2, 0) is 4.79 Å². The standard InChI is InChI=1S/C13H25N3O/c1-10-7-16(8-11(10)15(3)4)12(17)13(2)5-6-14-9-13/h10-11,14H,5-9H2,1-4H3. The van der Waals surface area contributed by atoms with Crippen LogP contribution in [0, 0.1) is 11.3 Å². The van der Waals surface area contributed by atoms with Crippen molar-refractivity contribution in [1.82, 2.24) is 15.1 Å². The third-order valence-electron chi connectivity index (χ3n) is 4.41. The van der Waals surface area contributed by atoms with E-state index in [-0.39, 0.29) is 5.41 Å². The molecule has 0 bridgehead atoms. The monoisotopic (exact) mass is 239 g/mol. The Kier molecular flexibility index (Phi) is 3.46. The lowest BCUT2D eigenvalue weighted by atomic mass is 9.88. The summed E-state index contributed by atoms with van der Waals surface area (Å²) < 4.78 is 0. The van der Waals surface area contributed by atoms with Crippen molar-refractivity contribution in [2.75, 3.05) is 40.3 Å². The van der Waals surface area contributed by atoms with Gasteiger partial charge < -0.3 is 15.1 Å². The van der Waals surface area contributed by atoms with Gasteiger partial charge in [-0.1, -0.05) is 6.92 Å². The van der Waals surface area contributed by atoms with Crippen LogP contribution in [0.1, 0.15) is 20.3 Å². The molecule has 2 saturated heterocycles. The smallest absolute Gasteiger partial charge is 0.229 e. The van der Waals surface area contributed by atoms with Gasteiger partial charge in [0, 0.05) is 25.7 Å². The van der Waals surface area contributed by atoms with Crippen LogP contribution in [0.3, 0.4) is 0 Å². The predicted octanol–water partition coefficient (Wildman–Crippen LogP) is 0.395. The molecule has 3 atom stereocenters. The number of hydrogen-bond acceptors (Lipinski definition) is 3. The van der Waals surface area contributed by atoms with E-state index in [0.29, 0.717) is 17.9 Å². The lowest BCUT2D eigenvalue weighted by Gasteiger charge is -2.28. The molecule has 2 rings (SSSR count). The van der Waals surface area contributed by atoms with Crippen molar-refractivity contribution in [3.63, 3.8) is 0 Å². The molecule has 4 nitrogen and oxygen atoms in total. The first kappa shape index (κ1) is 12.8. The Labute approximate surface area is 104 Å². The Balaban J connectivity index is 2.02. The van der Waals surface area contributed by atoms with Crippen LogP contribution < -0.4 is 5.32 Å². The first-order valence-corrected chi connectivity index (χ1v) is 6.60. The van der Waals surface area contributed by atoms with Gasteiger partial charge in [0.25, 0.3) is 0 Å². The summed E-state index contributed by atoms with van der Waals surface area (Å²) in [5.74, 6) is 0.922. The SMILES string of the molecule is CC1CN(C(=O)C2(C)CCNC2)CC1N(C)C. The highest BCUT2D eigenvalue weighted by atomic mass is 16.2. The minimum atomic E-state index is -0.166. The van der Waals surface area contributed by atoms with Gasteiger partial charge in [0.15, 0.2) is 0 Å². The number of carbonyl (C=O) groups excluding carboxylic acids is 1. The fourth-order valence-electron chi connectivity index (χ4n) is 3.17. The average Bonchev–Trinajstić information content (AvgIpc) is 2.84. The maximum absolute atomic E-state index is 12.6. The van der Waals surface area contributed by atoms with Gasteiger partial charge in [0.2, 0.25) is 5.91 Å². The van der Waals surface area contributed by atoms with E-state index in [1.807, 2.05) is 0 Å². The molecule has 0 aromatic carbocycles. The zero-order valence-electron chi connectivity index (χ0n) is 11.5. The molecule has 2 aliphatic heterocycles. The second-order valence-corrected chi connectivity index (χ2v) is 6.21. The van der Waals surface area contributed by atoms with Crippen LogP contribution in [-0.4, -0.2) is 62.0 Å². The van der Waals surface area contributed by atoms with Gasteiger partial charge in [-0.25, -0.2) is 0 Å². The van der Waals surface area contributed by atoms with Gasteiger partial charge in [0.05, 0.1) is 5.41 Å². The predicted molar refractivity (Wildman–Crippen MR) is 68.8 cm³/mol. The van der Waals surface area contributed by atoms with E-state index >= 15 is 0 Å². The minimum absolute atomic E-state index is 0.166. The normalized spacial score (nSPS) is 38.1. The Morgan fingerprint density at radius 3 is 2.59 bits per heavy atom. The molecular weight excluding hydrogens is 214 g/mol. The highest BCUT2D eigenvalue weighted by molar-refractivity contribution is 5.83. The molecule has 2 fully saturated rings. The first-order chi connectivity index (χ1) is 7.94. The van der Waals surface area contributed by atoms with E-state index in [4.69, 9.17) is 0 Å². The third kappa shape index (κ3) is 2.33. The van der Waals surface area contributed by atoms with Crippen molar-refractivity contribution in [1.29, 1.82) is 0 Å². The summed E-state index contributed by atoms with van der Waals surface area (Å²) in [6.45, 7) is 7.96. The third-order valence-corrected chi connectivity index (χ3v) is 4.41. The molecule has 2 heterocycles. The van der Waals surface area contributed by atoms with Crippen LogP contribution in [0.25, 0.3) is 0 Å². The Bertz CT molecular complexity index is 297. The largest absolute Gasteiger partial charge is 0.340 e. The molecule has 0 spiro atoms. The molecule has 0 radical (unpaired) electrons. The maximum Gasteiger partial charge on any atom is 0.229 e. The summed E-state index contributed by atoms with van der Waals surface area (Å²) in [5.41, 5.74) is -0.166. The molecule has 0 aliphatic carbocycles. The molecule has 3 unspecified atom stereocenters. The van der Waals surface area contributed by atoms with Crippen LogP contribution in [0.5, 0.6) is 0 Å². The number of rotatable bonds is 2. The number of nitrogens with zero attached hydrogens (tertiary/aromatic N) is 2. The van der Waals surface area contributed by atoms with Crippen molar-refractivity contribution >= 4 is 5.91 Å². The first-order valence-electron chi connectivity index (χ1n) is 6.60. The van der Waals surface area contributed by atoms with Gasteiger partial charge >= 0.3 is 0 Å². The van der Waals surface area contributed by atoms with Crippen molar-refractivity contribution in [2.24, 2.45) is 11.3 Å².